The van der Waals surface area contributed by atoms with Gasteiger partial charge in [0.05, 0.1) is 0 Å². The number of benzene rings is 1. The van der Waals surface area contributed by atoms with Crippen LogP contribution in [0.3, 0.4) is 0 Å². The molecule has 2 atom stereocenters. The molecule has 3 rings (SSSR count). The van der Waals surface area contributed by atoms with Crippen molar-refractivity contribution < 1.29 is 9.90 Å². The van der Waals surface area contributed by atoms with Gasteiger partial charge in [-0.2, -0.15) is 0 Å². The van der Waals surface area contributed by atoms with Crippen LogP contribution in [0.25, 0.3) is 0 Å². The molecule has 0 radical (unpaired) electrons. The minimum Gasteiger partial charge on any atom is -0.396 e. The Morgan fingerprint density at radius 2 is 1.69 bits per heavy atom. The first-order valence-electron chi connectivity index (χ1n) is 11.0. The summed E-state index contributed by atoms with van der Waals surface area (Å²) >= 11 is 0. The van der Waals surface area contributed by atoms with Crippen molar-refractivity contribution in [1.82, 2.24) is 19.6 Å². The summed E-state index contributed by atoms with van der Waals surface area (Å²) in [5, 5.41) is 9.92. The van der Waals surface area contributed by atoms with Crippen molar-refractivity contribution in [3.05, 3.63) is 35.9 Å². The Labute approximate surface area is 176 Å². The van der Waals surface area contributed by atoms with E-state index in [-0.39, 0.29) is 12.5 Å². The minimum atomic E-state index is 0.152. The predicted octanol–water partition coefficient (Wildman–Crippen LogP) is 1.32. The van der Waals surface area contributed by atoms with Gasteiger partial charge in [0.2, 0.25) is 0 Å². The molecule has 0 aromatic heterocycles. The molecule has 162 valence electrons. The Hall–Kier alpha value is -1.47. The molecule has 29 heavy (non-hydrogen) atoms. The molecule has 0 spiro atoms. The van der Waals surface area contributed by atoms with Gasteiger partial charge in [-0.1, -0.05) is 18.2 Å². The van der Waals surface area contributed by atoms with Gasteiger partial charge in [-0.25, -0.2) is 0 Å². The molecule has 0 unspecified atom stereocenters. The second-order valence-corrected chi connectivity index (χ2v) is 9.11. The topological polar surface area (TPSA) is 50.3 Å². The van der Waals surface area contributed by atoms with Crippen molar-refractivity contribution in [2.75, 3.05) is 73.6 Å². The number of piperidine rings is 1. The number of carbonyl (C=O) groups is 1. The Bertz CT molecular complexity index is 631. The van der Waals surface area contributed by atoms with Gasteiger partial charge in [0.1, 0.15) is 0 Å². The lowest BCUT2D eigenvalue weighted by Gasteiger charge is -2.37. The van der Waals surface area contributed by atoms with E-state index in [1.54, 1.807) is 0 Å². The summed E-state index contributed by atoms with van der Waals surface area (Å²) in [4.78, 5) is 21.9. The summed E-state index contributed by atoms with van der Waals surface area (Å²) < 4.78 is 0. The van der Waals surface area contributed by atoms with Gasteiger partial charge in [0, 0.05) is 64.0 Å². The fraction of sp³-hybridized carbons (Fsp3) is 0.696. The highest BCUT2D eigenvalue weighted by Crippen LogP contribution is 2.29. The molecular formula is C23H38N4O2. The van der Waals surface area contributed by atoms with Crippen LogP contribution in [-0.4, -0.2) is 110 Å². The second-order valence-electron chi connectivity index (χ2n) is 9.11. The highest BCUT2D eigenvalue weighted by Gasteiger charge is 2.37. The van der Waals surface area contributed by atoms with Gasteiger partial charge in [-0.05, 0) is 58.0 Å². The third-order valence-corrected chi connectivity index (χ3v) is 6.60. The molecule has 2 aliphatic heterocycles. The quantitative estimate of drug-likeness (QED) is 0.711. The fourth-order valence-corrected chi connectivity index (χ4v) is 4.75. The highest BCUT2D eigenvalue weighted by atomic mass is 16.3. The van der Waals surface area contributed by atoms with Crippen molar-refractivity contribution in [1.29, 1.82) is 0 Å². The first kappa shape index (κ1) is 22.2. The molecule has 2 heterocycles. The Kier molecular flexibility index (Phi) is 8.07. The summed E-state index contributed by atoms with van der Waals surface area (Å²) in [6, 6.07) is 10.1. The van der Waals surface area contributed by atoms with E-state index in [2.05, 4.69) is 35.8 Å². The van der Waals surface area contributed by atoms with E-state index in [0.29, 0.717) is 17.9 Å². The molecule has 2 saturated heterocycles. The number of hydrogen-bond acceptors (Lipinski definition) is 5. The first-order valence-corrected chi connectivity index (χ1v) is 11.0. The van der Waals surface area contributed by atoms with Crippen LogP contribution in [0.2, 0.25) is 0 Å². The fourth-order valence-electron chi connectivity index (χ4n) is 4.75. The molecule has 6 nitrogen and oxygen atoms in total. The third kappa shape index (κ3) is 6.01. The van der Waals surface area contributed by atoms with Gasteiger partial charge in [0.25, 0.3) is 5.91 Å². The number of amides is 1. The van der Waals surface area contributed by atoms with Crippen molar-refractivity contribution in [2.24, 2.45) is 11.8 Å². The average molecular weight is 403 g/mol. The van der Waals surface area contributed by atoms with E-state index in [4.69, 9.17) is 0 Å². The van der Waals surface area contributed by atoms with Gasteiger partial charge in [-0.3, -0.25) is 9.69 Å². The van der Waals surface area contributed by atoms with E-state index >= 15 is 0 Å². The predicted molar refractivity (Wildman–Crippen MR) is 117 cm³/mol. The van der Waals surface area contributed by atoms with Crippen LogP contribution < -0.4 is 0 Å². The van der Waals surface area contributed by atoms with E-state index < -0.39 is 0 Å². The average Bonchev–Trinajstić information content (AvgIpc) is 3.15. The molecule has 1 amide bonds. The number of aliphatic hydroxyl groups is 1. The van der Waals surface area contributed by atoms with E-state index in [1.807, 2.05) is 35.2 Å². The second kappa shape index (κ2) is 10.5. The molecule has 6 heteroatoms. The van der Waals surface area contributed by atoms with Gasteiger partial charge < -0.3 is 19.8 Å². The molecular weight excluding hydrogens is 364 g/mol. The molecule has 1 aromatic carbocycles. The van der Waals surface area contributed by atoms with Crippen molar-refractivity contribution >= 4 is 5.91 Å². The standard InChI is InChI=1S/C23H38N4O2/c1-24(2)13-14-25(3)15-20-16-27(17-21(20)18-28)22-9-11-26(12-10-22)23(29)19-7-5-4-6-8-19/h4-8,20-22,28H,9-18H2,1-3H3/t20-,21-/m1/s1. The maximum atomic E-state index is 12.7. The van der Waals surface area contributed by atoms with E-state index in [1.165, 1.54) is 0 Å². The van der Waals surface area contributed by atoms with Gasteiger partial charge in [0.15, 0.2) is 0 Å². The van der Waals surface area contributed by atoms with E-state index in [9.17, 15) is 9.90 Å². The molecule has 0 saturated carbocycles. The Balaban J connectivity index is 1.48. The number of likely N-dealkylation sites (N-methyl/N-ethyl adjacent to an activating group) is 2. The molecule has 0 aliphatic carbocycles. The monoisotopic (exact) mass is 402 g/mol. The van der Waals surface area contributed by atoms with Crippen molar-refractivity contribution in [3.63, 3.8) is 0 Å². The number of carbonyl (C=O) groups excluding carboxylic acids is 1. The number of aliphatic hydroxyl groups excluding tert-OH is 1. The third-order valence-electron chi connectivity index (χ3n) is 6.60. The maximum absolute atomic E-state index is 12.7. The molecule has 0 bridgehead atoms. The molecule has 1 N–H and O–H groups in total. The number of nitrogens with zero attached hydrogens (tertiary/aromatic N) is 4. The zero-order chi connectivity index (χ0) is 20.8. The summed E-state index contributed by atoms with van der Waals surface area (Å²) in [5.41, 5.74) is 0.785. The van der Waals surface area contributed by atoms with Gasteiger partial charge >= 0.3 is 0 Å². The van der Waals surface area contributed by atoms with Crippen LogP contribution >= 0.6 is 0 Å². The number of likely N-dealkylation sites (tertiary alicyclic amines) is 2. The zero-order valence-electron chi connectivity index (χ0n) is 18.3. The summed E-state index contributed by atoms with van der Waals surface area (Å²) in [6.07, 6.45) is 2.06. The normalized spacial score (nSPS) is 24.0. The lowest BCUT2D eigenvalue weighted by molar-refractivity contribution is 0.0636. The van der Waals surface area contributed by atoms with Crippen LogP contribution in [0.5, 0.6) is 0 Å². The summed E-state index contributed by atoms with van der Waals surface area (Å²) in [5.74, 6) is 1.04. The summed E-state index contributed by atoms with van der Waals surface area (Å²) in [6.45, 7) is 7.13. The van der Waals surface area contributed by atoms with Crippen molar-refractivity contribution in [2.45, 2.75) is 18.9 Å². The molecule has 2 aliphatic rings. The smallest absolute Gasteiger partial charge is 0.253 e. The number of hydrogen-bond donors (Lipinski definition) is 1. The van der Waals surface area contributed by atoms with Crippen LogP contribution in [0.15, 0.2) is 30.3 Å². The lowest BCUT2D eigenvalue weighted by Crippen LogP contribution is -2.46. The zero-order valence-corrected chi connectivity index (χ0v) is 18.3. The van der Waals surface area contributed by atoms with Crippen molar-refractivity contribution in [3.8, 4) is 0 Å². The van der Waals surface area contributed by atoms with Crippen LogP contribution in [0.4, 0.5) is 0 Å². The van der Waals surface area contributed by atoms with Crippen LogP contribution in [-0.2, 0) is 0 Å². The van der Waals surface area contributed by atoms with E-state index in [0.717, 1.165) is 64.2 Å². The lowest BCUT2D eigenvalue weighted by atomic mass is 9.96. The van der Waals surface area contributed by atoms with Crippen LogP contribution in [0, 0.1) is 11.8 Å². The Morgan fingerprint density at radius 1 is 1.03 bits per heavy atom. The summed E-state index contributed by atoms with van der Waals surface area (Å²) in [7, 11) is 6.40. The largest absolute Gasteiger partial charge is 0.396 e. The van der Waals surface area contributed by atoms with Crippen LogP contribution in [0.1, 0.15) is 23.2 Å². The minimum absolute atomic E-state index is 0.152. The van der Waals surface area contributed by atoms with Gasteiger partial charge in [-0.15, -0.1) is 0 Å². The molecule has 1 aromatic rings. The highest BCUT2D eigenvalue weighted by molar-refractivity contribution is 5.94. The SMILES string of the molecule is CN(C)CCN(C)C[C@@H]1CN(C2CCN(C(=O)c3ccccc3)CC2)C[C@@H]1CO. The number of rotatable bonds is 8. The maximum Gasteiger partial charge on any atom is 0.253 e. The Morgan fingerprint density at radius 3 is 2.31 bits per heavy atom. The molecule has 2 fully saturated rings. The first-order chi connectivity index (χ1) is 14.0.